The van der Waals surface area contributed by atoms with Crippen molar-refractivity contribution >= 4 is 5.69 Å². The molecule has 1 fully saturated rings. The summed E-state index contributed by atoms with van der Waals surface area (Å²) < 4.78 is 13.8. The van der Waals surface area contributed by atoms with Crippen LogP contribution in [0, 0.1) is 11.7 Å². The molecular weight excluding hydrogens is 203 g/mol. The SMILES string of the molecule is C[C@H](N)c1cccc(F)c1N(C)CC1CC1. The highest BCUT2D eigenvalue weighted by Crippen LogP contribution is 2.33. The molecule has 0 radical (unpaired) electrons. The molecule has 2 rings (SSSR count). The van der Waals surface area contributed by atoms with Crippen LogP contribution in [0.15, 0.2) is 18.2 Å². The summed E-state index contributed by atoms with van der Waals surface area (Å²) in [6, 6.07) is 5.01. The van der Waals surface area contributed by atoms with E-state index in [0.29, 0.717) is 5.69 Å². The molecule has 16 heavy (non-hydrogen) atoms. The van der Waals surface area contributed by atoms with Crippen molar-refractivity contribution < 1.29 is 4.39 Å². The zero-order valence-corrected chi connectivity index (χ0v) is 9.91. The molecule has 3 heteroatoms. The Kier molecular flexibility index (Phi) is 3.15. The highest BCUT2D eigenvalue weighted by atomic mass is 19.1. The number of nitrogens with zero attached hydrogens (tertiary/aromatic N) is 1. The summed E-state index contributed by atoms with van der Waals surface area (Å²) in [6.07, 6.45) is 2.54. The maximum Gasteiger partial charge on any atom is 0.146 e. The summed E-state index contributed by atoms with van der Waals surface area (Å²) in [5.41, 5.74) is 7.44. The number of para-hydroxylation sites is 1. The van der Waals surface area contributed by atoms with Crippen LogP contribution >= 0.6 is 0 Å². The first kappa shape index (κ1) is 11.4. The van der Waals surface area contributed by atoms with Gasteiger partial charge in [0.1, 0.15) is 5.82 Å². The average molecular weight is 222 g/mol. The molecule has 0 aliphatic heterocycles. The van der Waals surface area contributed by atoms with Crippen LogP contribution in [0.5, 0.6) is 0 Å². The van der Waals surface area contributed by atoms with Crippen molar-refractivity contribution in [2.24, 2.45) is 11.7 Å². The topological polar surface area (TPSA) is 29.3 Å². The average Bonchev–Trinajstić information content (AvgIpc) is 3.00. The van der Waals surface area contributed by atoms with Gasteiger partial charge in [0, 0.05) is 19.6 Å². The minimum atomic E-state index is -0.169. The lowest BCUT2D eigenvalue weighted by molar-refractivity contribution is 0.613. The third kappa shape index (κ3) is 2.35. The number of halogens is 1. The third-order valence-electron chi connectivity index (χ3n) is 3.12. The van der Waals surface area contributed by atoms with Gasteiger partial charge in [0.15, 0.2) is 0 Å². The van der Waals surface area contributed by atoms with Crippen LogP contribution in [0.2, 0.25) is 0 Å². The highest BCUT2D eigenvalue weighted by Gasteiger charge is 2.25. The lowest BCUT2D eigenvalue weighted by Gasteiger charge is -2.24. The smallest absolute Gasteiger partial charge is 0.146 e. The van der Waals surface area contributed by atoms with Gasteiger partial charge in [-0.05, 0) is 37.3 Å². The van der Waals surface area contributed by atoms with Gasteiger partial charge in [-0.2, -0.15) is 0 Å². The molecule has 88 valence electrons. The van der Waals surface area contributed by atoms with Crippen LogP contribution in [0.4, 0.5) is 10.1 Å². The second-order valence-corrected chi connectivity index (χ2v) is 4.79. The van der Waals surface area contributed by atoms with Crippen LogP contribution in [-0.4, -0.2) is 13.6 Å². The molecule has 1 atom stereocenters. The van der Waals surface area contributed by atoms with E-state index < -0.39 is 0 Å². The molecule has 1 saturated carbocycles. The predicted molar refractivity (Wildman–Crippen MR) is 65.0 cm³/mol. The summed E-state index contributed by atoms with van der Waals surface area (Å²) >= 11 is 0. The number of anilines is 1. The van der Waals surface area contributed by atoms with Gasteiger partial charge >= 0.3 is 0 Å². The fraction of sp³-hybridized carbons (Fsp3) is 0.538. The summed E-state index contributed by atoms with van der Waals surface area (Å²) in [5, 5.41) is 0. The van der Waals surface area contributed by atoms with E-state index in [1.54, 1.807) is 6.07 Å². The van der Waals surface area contributed by atoms with Crippen molar-refractivity contribution in [2.45, 2.75) is 25.8 Å². The van der Waals surface area contributed by atoms with E-state index in [9.17, 15) is 4.39 Å². The molecule has 0 unspecified atom stereocenters. The first-order valence-corrected chi connectivity index (χ1v) is 5.84. The Morgan fingerprint density at radius 3 is 2.75 bits per heavy atom. The Bertz CT molecular complexity index is 372. The van der Waals surface area contributed by atoms with Crippen LogP contribution in [0.3, 0.4) is 0 Å². The van der Waals surface area contributed by atoms with Gasteiger partial charge in [0.25, 0.3) is 0 Å². The lowest BCUT2D eigenvalue weighted by atomic mass is 10.1. The van der Waals surface area contributed by atoms with Crippen molar-refractivity contribution in [2.75, 3.05) is 18.5 Å². The Labute approximate surface area is 96.2 Å². The van der Waals surface area contributed by atoms with E-state index >= 15 is 0 Å². The van der Waals surface area contributed by atoms with Gasteiger partial charge in [-0.1, -0.05) is 12.1 Å². The number of hydrogen-bond acceptors (Lipinski definition) is 2. The van der Waals surface area contributed by atoms with E-state index in [-0.39, 0.29) is 11.9 Å². The quantitative estimate of drug-likeness (QED) is 0.848. The second kappa shape index (κ2) is 4.42. The van der Waals surface area contributed by atoms with Crippen molar-refractivity contribution in [3.05, 3.63) is 29.6 Å². The maximum atomic E-state index is 13.8. The van der Waals surface area contributed by atoms with Crippen LogP contribution in [0.25, 0.3) is 0 Å². The molecule has 1 aliphatic carbocycles. The highest BCUT2D eigenvalue weighted by molar-refractivity contribution is 5.55. The van der Waals surface area contributed by atoms with Gasteiger partial charge in [0.05, 0.1) is 5.69 Å². The lowest BCUT2D eigenvalue weighted by Crippen LogP contribution is -2.24. The molecule has 2 nitrogen and oxygen atoms in total. The maximum absolute atomic E-state index is 13.8. The number of rotatable bonds is 4. The first-order valence-electron chi connectivity index (χ1n) is 5.84. The molecule has 0 bridgehead atoms. The zero-order valence-electron chi connectivity index (χ0n) is 9.91. The van der Waals surface area contributed by atoms with E-state index in [0.717, 1.165) is 18.0 Å². The normalized spacial score (nSPS) is 17.2. The van der Waals surface area contributed by atoms with E-state index in [2.05, 4.69) is 0 Å². The zero-order chi connectivity index (χ0) is 11.7. The minimum Gasteiger partial charge on any atom is -0.372 e. The Morgan fingerprint density at radius 1 is 1.50 bits per heavy atom. The van der Waals surface area contributed by atoms with Crippen molar-refractivity contribution in [3.63, 3.8) is 0 Å². The molecule has 1 aromatic rings. The van der Waals surface area contributed by atoms with Gasteiger partial charge in [0.2, 0.25) is 0 Å². The van der Waals surface area contributed by atoms with Gasteiger partial charge in [-0.3, -0.25) is 0 Å². The predicted octanol–water partition coefficient (Wildman–Crippen LogP) is 2.69. The van der Waals surface area contributed by atoms with Crippen molar-refractivity contribution in [3.8, 4) is 0 Å². The van der Waals surface area contributed by atoms with Crippen molar-refractivity contribution in [1.29, 1.82) is 0 Å². The Morgan fingerprint density at radius 2 is 2.19 bits per heavy atom. The van der Waals surface area contributed by atoms with Gasteiger partial charge in [-0.25, -0.2) is 4.39 Å². The molecule has 0 aromatic heterocycles. The first-order chi connectivity index (χ1) is 7.59. The number of nitrogens with two attached hydrogens (primary N) is 1. The van der Waals surface area contributed by atoms with E-state index in [1.807, 2.05) is 24.9 Å². The summed E-state index contributed by atoms with van der Waals surface area (Å²) in [6.45, 7) is 2.82. The molecule has 0 heterocycles. The molecule has 1 aromatic carbocycles. The fourth-order valence-corrected chi connectivity index (χ4v) is 2.08. The Balaban J connectivity index is 2.28. The summed E-state index contributed by atoms with van der Waals surface area (Å²) in [4.78, 5) is 2.01. The monoisotopic (exact) mass is 222 g/mol. The molecule has 1 aliphatic rings. The van der Waals surface area contributed by atoms with Crippen LogP contribution in [0.1, 0.15) is 31.4 Å². The minimum absolute atomic E-state index is 0.132. The number of benzene rings is 1. The second-order valence-electron chi connectivity index (χ2n) is 4.79. The summed E-state index contributed by atoms with van der Waals surface area (Å²) in [7, 11) is 1.95. The van der Waals surface area contributed by atoms with Gasteiger partial charge < -0.3 is 10.6 Å². The molecule has 2 N–H and O–H groups in total. The number of hydrogen-bond donors (Lipinski definition) is 1. The summed E-state index contributed by atoms with van der Waals surface area (Å²) in [5.74, 6) is 0.573. The third-order valence-corrected chi connectivity index (χ3v) is 3.12. The van der Waals surface area contributed by atoms with Crippen molar-refractivity contribution in [1.82, 2.24) is 0 Å². The van der Waals surface area contributed by atoms with Crippen LogP contribution < -0.4 is 10.6 Å². The van der Waals surface area contributed by atoms with Gasteiger partial charge in [-0.15, -0.1) is 0 Å². The van der Waals surface area contributed by atoms with E-state index in [1.165, 1.54) is 18.9 Å². The van der Waals surface area contributed by atoms with E-state index in [4.69, 9.17) is 5.73 Å². The van der Waals surface area contributed by atoms with Crippen LogP contribution in [-0.2, 0) is 0 Å². The molecule has 0 saturated heterocycles. The molecular formula is C13H19FN2. The molecule has 0 amide bonds. The standard InChI is InChI=1S/C13H19FN2/c1-9(15)11-4-3-5-12(14)13(11)16(2)8-10-6-7-10/h3-5,9-10H,6-8,15H2,1-2H3/t9-/m0/s1. The molecule has 0 spiro atoms. The largest absolute Gasteiger partial charge is 0.372 e. The fourth-order valence-electron chi connectivity index (χ4n) is 2.08. The Hall–Kier alpha value is -1.09.